The zero-order valence-corrected chi connectivity index (χ0v) is 32.6. The van der Waals surface area contributed by atoms with Crippen LogP contribution in [0.5, 0.6) is 0 Å². The zero-order chi connectivity index (χ0) is 39.4. The molecule has 280 valence electrons. The molecule has 0 bridgehead atoms. The van der Waals surface area contributed by atoms with Gasteiger partial charge in [0.15, 0.2) is 0 Å². The van der Waals surface area contributed by atoms with E-state index >= 15 is 0 Å². The molecule has 0 amide bonds. The fourth-order valence-electron chi connectivity index (χ4n) is 10.4. The van der Waals surface area contributed by atoms with Crippen molar-refractivity contribution in [3.63, 3.8) is 0 Å². The summed E-state index contributed by atoms with van der Waals surface area (Å²) in [7, 11) is 0. The van der Waals surface area contributed by atoms with E-state index in [2.05, 4.69) is 232 Å². The molecule has 0 fully saturated rings. The van der Waals surface area contributed by atoms with E-state index in [0.29, 0.717) is 0 Å². The van der Waals surface area contributed by atoms with Crippen LogP contribution >= 0.6 is 0 Å². The summed E-state index contributed by atoms with van der Waals surface area (Å²) < 4.78 is 4.78. The normalized spacial score (nSPS) is 14.7. The Kier molecular flexibility index (Phi) is 6.90. The summed E-state index contributed by atoms with van der Waals surface area (Å²) in [4.78, 5) is 7.90. The second-order valence-corrected chi connectivity index (χ2v) is 15.9. The minimum atomic E-state index is -0.596. The molecule has 1 spiro atoms. The minimum Gasteiger partial charge on any atom is -0.310 e. The Balaban J connectivity index is 1.03. The van der Waals surface area contributed by atoms with E-state index in [1.807, 2.05) is 0 Å². The second-order valence-electron chi connectivity index (χ2n) is 15.9. The lowest BCUT2D eigenvalue weighted by Gasteiger charge is -2.30. The van der Waals surface area contributed by atoms with Crippen molar-refractivity contribution in [1.29, 1.82) is 0 Å². The highest BCUT2D eigenvalue weighted by atomic mass is 15.2. The highest BCUT2D eigenvalue weighted by Gasteiger charge is 2.54. The van der Waals surface area contributed by atoms with Crippen LogP contribution in [0.3, 0.4) is 0 Å². The van der Waals surface area contributed by atoms with Gasteiger partial charge < -0.3 is 9.47 Å². The molecule has 4 heteroatoms. The molecule has 9 aromatic carbocycles. The maximum atomic E-state index is 5.49. The Labute approximate surface area is 347 Å². The highest BCUT2D eigenvalue weighted by molar-refractivity contribution is 6.09. The molecule has 1 aliphatic heterocycles. The molecule has 0 saturated heterocycles. The first kappa shape index (κ1) is 33.1. The Hall–Kier alpha value is -7.95. The average Bonchev–Trinajstić information content (AvgIpc) is 4.03. The molecule has 60 heavy (non-hydrogen) atoms. The summed E-state index contributed by atoms with van der Waals surface area (Å²) in [6, 6.07) is 79.5. The number of rotatable bonds is 5. The molecule has 13 rings (SSSR count). The predicted molar refractivity (Wildman–Crippen MR) is 246 cm³/mol. The van der Waals surface area contributed by atoms with Gasteiger partial charge in [-0.2, -0.15) is 0 Å². The Bertz CT molecular complexity index is 3430. The van der Waals surface area contributed by atoms with Gasteiger partial charge in [-0.15, -0.1) is 0 Å². The van der Waals surface area contributed by atoms with Gasteiger partial charge in [0.2, 0.25) is 0 Å². The SMILES string of the molecule is c1ccc(-c2ccc(N(c3ccc(-n4c5ccccc5c5ccccc54)cc3)c3ccc4c(c3)C3(c5ccccc5-4)c4ccccc4-n4c3nc3ccccc34)cc2)cc1. The van der Waals surface area contributed by atoms with Crippen LogP contribution in [0.4, 0.5) is 17.1 Å². The molecular formula is C56H36N4. The van der Waals surface area contributed by atoms with Gasteiger partial charge in [-0.3, -0.25) is 4.57 Å². The molecule has 1 atom stereocenters. The molecule has 11 aromatic rings. The molecule has 4 nitrogen and oxygen atoms in total. The van der Waals surface area contributed by atoms with Crippen molar-refractivity contribution in [2.75, 3.05) is 4.90 Å². The van der Waals surface area contributed by atoms with E-state index in [1.54, 1.807) is 0 Å². The van der Waals surface area contributed by atoms with Gasteiger partial charge in [0, 0.05) is 33.5 Å². The van der Waals surface area contributed by atoms with Crippen molar-refractivity contribution in [1.82, 2.24) is 14.1 Å². The number of hydrogen-bond acceptors (Lipinski definition) is 2. The van der Waals surface area contributed by atoms with E-state index in [4.69, 9.17) is 4.98 Å². The van der Waals surface area contributed by atoms with Gasteiger partial charge in [-0.05, 0) is 118 Å². The van der Waals surface area contributed by atoms with Crippen LogP contribution in [0, 0.1) is 0 Å². The van der Waals surface area contributed by atoms with Crippen molar-refractivity contribution < 1.29 is 0 Å². The topological polar surface area (TPSA) is 26.0 Å². The average molecular weight is 765 g/mol. The summed E-state index contributed by atoms with van der Waals surface area (Å²) in [6.07, 6.45) is 0. The Morgan fingerprint density at radius 1 is 0.383 bits per heavy atom. The number of hydrogen-bond donors (Lipinski definition) is 0. The van der Waals surface area contributed by atoms with Crippen molar-refractivity contribution in [2.45, 2.75) is 5.41 Å². The summed E-state index contributed by atoms with van der Waals surface area (Å²) >= 11 is 0. The number of aromatic nitrogens is 3. The quantitative estimate of drug-likeness (QED) is 0.174. The summed E-state index contributed by atoms with van der Waals surface area (Å²) in [6.45, 7) is 0. The van der Waals surface area contributed by atoms with Crippen LogP contribution in [0.1, 0.15) is 22.5 Å². The van der Waals surface area contributed by atoms with E-state index < -0.39 is 5.41 Å². The van der Waals surface area contributed by atoms with Crippen LogP contribution < -0.4 is 4.90 Å². The van der Waals surface area contributed by atoms with Crippen LogP contribution in [-0.2, 0) is 5.41 Å². The highest BCUT2D eigenvalue weighted by Crippen LogP contribution is 2.61. The molecular weight excluding hydrogens is 729 g/mol. The number of nitrogens with zero attached hydrogens (tertiary/aromatic N) is 4. The van der Waals surface area contributed by atoms with E-state index in [1.165, 1.54) is 66.4 Å². The summed E-state index contributed by atoms with van der Waals surface area (Å²) in [5.41, 5.74) is 18.2. The molecule has 0 radical (unpaired) electrons. The Morgan fingerprint density at radius 3 is 1.68 bits per heavy atom. The van der Waals surface area contributed by atoms with E-state index in [0.717, 1.165) is 39.6 Å². The first-order valence-corrected chi connectivity index (χ1v) is 20.6. The van der Waals surface area contributed by atoms with E-state index in [9.17, 15) is 0 Å². The lowest BCUT2D eigenvalue weighted by atomic mass is 9.73. The van der Waals surface area contributed by atoms with E-state index in [-0.39, 0.29) is 0 Å². The smallest absolute Gasteiger partial charge is 0.134 e. The van der Waals surface area contributed by atoms with Crippen molar-refractivity contribution in [3.05, 3.63) is 241 Å². The van der Waals surface area contributed by atoms with Crippen molar-refractivity contribution >= 4 is 49.9 Å². The summed E-state index contributed by atoms with van der Waals surface area (Å²) in [5, 5.41) is 2.51. The van der Waals surface area contributed by atoms with Crippen LogP contribution in [0.2, 0.25) is 0 Å². The first-order valence-electron chi connectivity index (χ1n) is 20.6. The molecule has 0 saturated carbocycles. The third kappa shape index (κ3) is 4.47. The molecule has 1 aliphatic carbocycles. The zero-order valence-electron chi connectivity index (χ0n) is 32.6. The van der Waals surface area contributed by atoms with Gasteiger partial charge >= 0.3 is 0 Å². The largest absolute Gasteiger partial charge is 0.310 e. The predicted octanol–water partition coefficient (Wildman–Crippen LogP) is 13.9. The number of para-hydroxylation sites is 5. The number of anilines is 3. The minimum absolute atomic E-state index is 0.596. The standard InChI is InChI=1S/C56H36N4/c1-2-14-37(15-3-1)38-26-28-39(29-27-38)58(40-30-32-41(33-31-40)59-51-22-10-5-17-45(51)46-18-6-11-23-52(46)59)42-34-35-44-43-16-4-7-19-47(43)56(49(44)36-42)48-20-8-12-24-53(48)60-54-25-13-9-21-50(54)57-55(56)60/h1-36H. The fourth-order valence-corrected chi connectivity index (χ4v) is 10.4. The molecule has 0 N–H and O–H groups in total. The number of fused-ring (bicyclic) bond motifs is 15. The fraction of sp³-hybridized carbons (Fsp3) is 0.0179. The molecule has 2 aromatic heterocycles. The number of imidazole rings is 1. The summed E-state index contributed by atoms with van der Waals surface area (Å²) in [5.74, 6) is 1.04. The third-order valence-corrected chi connectivity index (χ3v) is 12.9. The second kappa shape index (κ2) is 12.5. The van der Waals surface area contributed by atoms with Gasteiger partial charge in [0.1, 0.15) is 11.2 Å². The maximum absolute atomic E-state index is 5.49. The molecule has 3 heterocycles. The Morgan fingerprint density at radius 2 is 0.933 bits per heavy atom. The van der Waals surface area contributed by atoms with Gasteiger partial charge in [0.25, 0.3) is 0 Å². The third-order valence-electron chi connectivity index (χ3n) is 12.9. The van der Waals surface area contributed by atoms with Crippen LogP contribution in [0.15, 0.2) is 218 Å². The van der Waals surface area contributed by atoms with Crippen LogP contribution in [0.25, 0.3) is 66.5 Å². The maximum Gasteiger partial charge on any atom is 0.134 e. The first-order chi connectivity index (χ1) is 29.8. The molecule has 2 aliphatic rings. The van der Waals surface area contributed by atoms with Crippen LogP contribution in [-0.4, -0.2) is 14.1 Å². The molecule has 1 unspecified atom stereocenters. The van der Waals surface area contributed by atoms with Crippen molar-refractivity contribution in [3.8, 4) is 33.6 Å². The lowest BCUT2D eigenvalue weighted by molar-refractivity contribution is 0.738. The van der Waals surface area contributed by atoms with Gasteiger partial charge in [-0.25, -0.2) is 4.98 Å². The van der Waals surface area contributed by atoms with Gasteiger partial charge in [-0.1, -0.05) is 140 Å². The number of benzene rings is 9. The van der Waals surface area contributed by atoms with Gasteiger partial charge in [0.05, 0.1) is 27.8 Å². The monoisotopic (exact) mass is 764 g/mol. The lowest BCUT2D eigenvalue weighted by Crippen LogP contribution is -2.27. The van der Waals surface area contributed by atoms with Crippen molar-refractivity contribution in [2.24, 2.45) is 0 Å².